The third-order valence-corrected chi connectivity index (χ3v) is 4.12. The van der Waals surface area contributed by atoms with Crippen LogP contribution in [0.5, 0.6) is 0 Å². The van der Waals surface area contributed by atoms with E-state index in [1.54, 1.807) is 0 Å². The van der Waals surface area contributed by atoms with Crippen LogP contribution in [-0.2, 0) is 6.42 Å². The van der Waals surface area contributed by atoms with Crippen LogP contribution in [0.25, 0.3) is 5.65 Å². The summed E-state index contributed by atoms with van der Waals surface area (Å²) in [6, 6.07) is 1.99. The first-order valence-electron chi connectivity index (χ1n) is 6.35. The monoisotopic (exact) mass is 247 g/mol. The number of fused-ring (bicyclic) bond motifs is 1. The molecule has 0 unspecified atom stereocenters. The van der Waals surface area contributed by atoms with Gasteiger partial charge in [-0.05, 0) is 43.6 Å². The average molecular weight is 248 g/mol. The van der Waals surface area contributed by atoms with Crippen molar-refractivity contribution in [3.63, 3.8) is 0 Å². The summed E-state index contributed by atoms with van der Waals surface area (Å²) in [5.74, 6) is 2.55. The molecule has 0 radical (unpaired) electrons. The van der Waals surface area contributed by atoms with Crippen molar-refractivity contribution in [3.8, 4) is 0 Å². The van der Waals surface area contributed by atoms with Gasteiger partial charge in [0.25, 0.3) is 0 Å². The third-order valence-electron chi connectivity index (χ3n) is 3.79. The van der Waals surface area contributed by atoms with E-state index in [1.807, 2.05) is 12.3 Å². The summed E-state index contributed by atoms with van der Waals surface area (Å²) in [4.78, 5) is 0. The Kier molecular flexibility index (Phi) is 2.01. The van der Waals surface area contributed by atoms with Crippen molar-refractivity contribution in [2.45, 2.75) is 38.0 Å². The highest BCUT2D eigenvalue weighted by atomic mass is 35.5. The van der Waals surface area contributed by atoms with Crippen molar-refractivity contribution < 1.29 is 0 Å². The Morgan fingerprint density at radius 1 is 1.24 bits per heavy atom. The second kappa shape index (κ2) is 3.45. The van der Waals surface area contributed by atoms with Gasteiger partial charge in [-0.3, -0.25) is 4.40 Å². The van der Waals surface area contributed by atoms with Gasteiger partial charge in [-0.15, -0.1) is 10.2 Å². The van der Waals surface area contributed by atoms with E-state index < -0.39 is 0 Å². The Hall–Kier alpha value is -1.09. The van der Waals surface area contributed by atoms with Gasteiger partial charge in [-0.1, -0.05) is 11.6 Å². The second-order valence-corrected chi connectivity index (χ2v) is 5.72. The van der Waals surface area contributed by atoms with Gasteiger partial charge in [-0.25, -0.2) is 0 Å². The first kappa shape index (κ1) is 9.89. The van der Waals surface area contributed by atoms with Crippen molar-refractivity contribution in [3.05, 3.63) is 28.7 Å². The zero-order valence-electron chi connectivity index (χ0n) is 9.56. The van der Waals surface area contributed by atoms with Gasteiger partial charge >= 0.3 is 0 Å². The zero-order valence-corrected chi connectivity index (χ0v) is 10.3. The molecule has 0 N–H and O–H groups in total. The fourth-order valence-corrected chi connectivity index (χ4v) is 2.76. The minimum atomic E-state index is 0.615. The average Bonchev–Trinajstić information content (AvgIpc) is 3.19. The van der Waals surface area contributed by atoms with Crippen LogP contribution in [0.4, 0.5) is 0 Å². The molecule has 2 aliphatic carbocycles. The number of halogens is 1. The summed E-state index contributed by atoms with van der Waals surface area (Å²) in [7, 11) is 0. The minimum Gasteiger partial charge on any atom is -0.286 e. The maximum Gasteiger partial charge on any atom is 0.165 e. The summed E-state index contributed by atoms with van der Waals surface area (Å²) >= 11 is 6.28. The van der Waals surface area contributed by atoms with Crippen molar-refractivity contribution in [1.82, 2.24) is 14.6 Å². The second-order valence-electron chi connectivity index (χ2n) is 5.31. The van der Waals surface area contributed by atoms with E-state index in [1.165, 1.54) is 31.2 Å². The molecule has 2 aromatic heterocycles. The van der Waals surface area contributed by atoms with E-state index in [0.717, 1.165) is 28.8 Å². The van der Waals surface area contributed by atoms with E-state index >= 15 is 0 Å². The van der Waals surface area contributed by atoms with Crippen LogP contribution in [0, 0.1) is 5.92 Å². The molecule has 4 heteroatoms. The molecule has 4 rings (SSSR count). The van der Waals surface area contributed by atoms with Crippen LogP contribution in [-0.4, -0.2) is 14.6 Å². The lowest BCUT2D eigenvalue weighted by Crippen LogP contribution is -1.98. The number of aromatic nitrogens is 3. The number of pyridine rings is 1. The molecule has 0 saturated heterocycles. The quantitative estimate of drug-likeness (QED) is 0.834. The molecule has 2 aliphatic rings. The lowest BCUT2D eigenvalue weighted by Gasteiger charge is -2.05. The molecule has 2 heterocycles. The molecular formula is C13H14ClN3. The molecule has 3 nitrogen and oxygen atoms in total. The van der Waals surface area contributed by atoms with E-state index in [4.69, 9.17) is 11.6 Å². The molecule has 0 spiro atoms. The fourth-order valence-electron chi connectivity index (χ4n) is 2.47. The van der Waals surface area contributed by atoms with Crippen LogP contribution in [0.3, 0.4) is 0 Å². The lowest BCUT2D eigenvalue weighted by molar-refractivity contribution is 0.757. The normalized spacial score (nSPS) is 20.1. The van der Waals surface area contributed by atoms with E-state index in [-0.39, 0.29) is 0 Å². The van der Waals surface area contributed by atoms with Crippen LogP contribution in [0.15, 0.2) is 12.3 Å². The summed E-state index contributed by atoms with van der Waals surface area (Å²) in [5, 5.41) is 9.54. The van der Waals surface area contributed by atoms with E-state index in [9.17, 15) is 0 Å². The molecule has 2 aromatic rings. The molecule has 17 heavy (non-hydrogen) atoms. The number of hydrogen-bond donors (Lipinski definition) is 0. The zero-order chi connectivity index (χ0) is 11.4. The maximum atomic E-state index is 6.28. The Morgan fingerprint density at radius 2 is 2.06 bits per heavy atom. The summed E-state index contributed by atoms with van der Waals surface area (Å²) in [6.07, 6.45) is 8.25. The van der Waals surface area contributed by atoms with Crippen LogP contribution in [0.1, 0.15) is 43.0 Å². The Bertz CT molecular complexity index is 582. The van der Waals surface area contributed by atoms with Crippen LogP contribution >= 0.6 is 11.6 Å². The predicted molar refractivity (Wildman–Crippen MR) is 66.4 cm³/mol. The van der Waals surface area contributed by atoms with Gasteiger partial charge in [0, 0.05) is 23.2 Å². The van der Waals surface area contributed by atoms with Crippen molar-refractivity contribution in [2.75, 3.05) is 0 Å². The summed E-state index contributed by atoms with van der Waals surface area (Å²) < 4.78 is 2.14. The molecule has 0 atom stereocenters. The largest absolute Gasteiger partial charge is 0.286 e. The molecule has 0 aliphatic heterocycles. The first-order chi connectivity index (χ1) is 8.33. The summed E-state index contributed by atoms with van der Waals surface area (Å²) in [6.45, 7) is 0. The van der Waals surface area contributed by atoms with Crippen molar-refractivity contribution in [1.29, 1.82) is 0 Å². The third kappa shape index (κ3) is 1.64. The van der Waals surface area contributed by atoms with Crippen LogP contribution in [0.2, 0.25) is 5.02 Å². The maximum absolute atomic E-state index is 6.28. The molecular weight excluding hydrogens is 234 g/mol. The molecule has 0 aromatic carbocycles. The standard InChI is InChI=1S/C13H14ClN3/c14-10-5-6-17-11(7-8-1-2-8)15-16-13(17)12(10)9-3-4-9/h5-6,8-9H,1-4,7H2. The molecule has 2 fully saturated rings. The Morgan fingerprint density at radius 3 is 2.76 bits per heavy atom. The molecule has 0 amide bonds. The van der Waals surface area contributed by atoms with E-state index in [0.29, 0.717) is 5.92 Å². The molecule has 0 bridgehead atoms. The van der Waals surface area contributed by atoms with E-state index in [2.05, 4.69) is 14.6 Å². The fraction of sp³-hybridized carbons (Fsp3) is 0.538. The van der Waals surface area contributed by atoms with Gasteiger partial charge in [0.05, 0.1) is 0 Å². The molecule has 2 saturated carbocycles. The highest BCUT2D eigenvalue weighted by Gasteiger charge is 2.30. The van der Waals surface area contributed by atoms with Gasteiger partial charge in [0.1, 0.15) is 5.82 Å². The smallest absolute Gasteiger partial charge is 0.165 e. The number of rotatable bonds is 3. The predicted octanol–water partition coefficient (Wildman–Crippen LogP) is 3.21. The van der Waals surface area contributed by atoms with Crippen LogP contribution < -0.4 is 0 Å². The topological polar surface area (TPSA) is 30.2 Å². The van der Waals surface area contributed by atoms with Crippen molar-refractivity contribution in [2.24, 2.45) is 5.92 Å². The highest BCUT2D eigenvalue weighted by molar-refractivity contribution is 6.31. The van der Waals surface area contributed by atoms with Crippen molar-refractivity contribution >= 4 is 17.2 Å². The summed E-state index contributed by atoms with van der Waals surface area (Å²) in [5.41, 5.74) is 2.19. The minimum absolute atomic E-state index is 0.615. The first-order valence-corrected chi connectivity index (χ1v) is 6.73. The number of hydrogen-bond acceptors (Lipinski definition) is 2. The van der Waals surface area contributed by atoms with Gasteiger partial charge < -0.3 is 0 Å². The number of nitrogens with zero attached hydrogens (tertiary/aromatic N) is 3. The Labute approximate surface area is 105 Å². The SMILES string of the molecule is Clc1ccn2c(CC3CC3)nnc2c1C1CC1. The highest BCUT2D eigenvalue weighted by Crippen LogP contribution is 2.45. The molecule has 88 valence electrons. The Balaban J connectivity index is 1.86. The van der Waals surface area contributed by atoms with Gasteiger partial charge in [0.2, 0.25) is 0 Å². The van der Waals surface area contributed by atoms with Gasteiger partial charge in [-0.2, -0.15) is 0 Å². The van der Waals surface area contributed by atoms with Gasteiger partial charge in [0.15, 0.2) is 5.65 Å². The lowest BCUT2D eigenvalue weighted by atomic mass is 10.2.